The monoisotopic (exact) mass is 826 g/mol. The number of hydrogen-bond donors (Lipinski definition) is 0. The van der Waals surface area contributed by atoms with E-state index in [9.17, 15) is 0 Å². The molecule has 0 aliphatic heterocycles. The third-order valence-electron chi connectivity index (χ3n) is 12.7. The van der Waals surface area contributed by atoms with E-state index in [1.165, 1.54) is 172 Å². The number of thiophene rings is 2. The van der Waals surface area contributed by atoms with Gasteiger partial charge in [-0.3, -0.25) is 0 Å². The van der Waals surface area contributed by atoms with Crippen LogP contribution in [0.25, 0.3) is 84.1 Å². The Bertz CT molecular complexity index is 2650. The summed E-state index contributed by atoms with van der Waals surface area (Å²) in [5.41, 5.74) is 8.05. The van der Waals surface area contributed by atoms with Gasteiger partial charge in [0, 0.05) is 67.8 Å². The van der Waals surface area contributed by atoms with Gasteiger partial charge in [-0.05, 0) is 142 Å². The van der Waals surface area contributed by atoms with E-state index in [1.807, 2.05) is 22.7 Å². The van der Waals surface area contributed by atoms with E-state index in [2.05, 4.69) is 121 Å². The predicted molar refractivity (Wildman–Crippen MR) is 265 cm³/mol. The third-order valence-corrected chi connectivity index (χ3v) is 14.9. The number of benzene rings is 7. The van der Waals surface area contributed by atoms with E-state index in [-0.39, 0.29) is 0 Å². The SMILES string of the molecule is COCCCCCCCCc1ccc(-c2ccc3cc4c(cc3c2)sc2cc3c(cc24)sc2cc4cc(-c5ccc(CCCCCCCCOC)cc5)ccc4cc23)cc1. The average molecular weight is 827 g/mol. The lowest BCUT2D eigenvalue weighted by Crippen LogP contribution is -1.89. The zero-order chi connectivity index (χ0) is 40.7. The number of hydrogen-bond acceptors (Lipinski definition) is 4. The van der Waals surface area contributed by atoms with Crippen LogP contribution in [-0.4, -0.2) is 27.4 Å². The molecular weight excluding hydrogens is 769 g/mol. The van der Waals surface area contributed by atoms with Crippen molar-refractivity contribution in [3.05, 3.63) is 132 Å². The van der Waals surface area contributed by atoms with E-state index in [4.69, 9.17) is 9.47 Å². The molecule has 2 heterocycles. The van der Waals surface area contributed by atoms with Crippen molar-refractivity contribution >= 4 is 84.6 Å². The van der Waals surface area contributed by atoms with Gasteiger partial charge in [-0.15, -0.1) is 22.7 Å². The summed E-state index contributed by atoms with van der Waals surface area (Å²) in [5, 5.41) is 10.7. The quantitative estimate of drug-likeness (QED) is 0.0713. The Balaban J connectivity index is 0.888. The summed E-state index contributed by atoms with van der Waals surface area (Å²) < 4.78 is 15.8. The van der Waals surface area contributed by atoms with Crippen molar-refractivity contribution < 1.29 is 9.47 Å². The fourth-order valence-electron chi connectivity index (χ4n) is 9.18. The maximum atomic E-state index is 5.17. The van der Waals surface area contributed by atoms with Crippen LogP contribution in [0.5, 0.6) is 0 Å². The maximum Gasteiger partial charge on any atom is 0.0462 e. The molecule has 9 aromatic rings. The first kappa shape index (κ1) is 40.8. The molecule has 0 unspecified atom stereocenters. The van der Waals surface area contributed by atoms with E-state index < -0.39 is 0 Å². The molecule has 4 heteroatoms. The highest BCUT2D eigenvalue weighted by molar-refractivity contribution is 7.27. The Morgan fingerprint density at radius 2 is 0.667 bits per heavy atom. The highest BCUT2D eigenvalue weighted by Gasteiger charge is 2.14. The Morgan fingerprint density at radius 1 is 0.317 bits per heavy atom. The summed E-state index contributed by atoms with van der Waals surface area (Å²) in [6, 6.07) is 47.2. The van der Waals surface area contributed by atoms with Crippen molar-refractivity contribution in [2.24, 2.45) is 0 Å². The van der Waals surface area contributed by atoms with Gasteiger partial charge < -0.3 is 9.47 Å². The molecule has 2 nitrogen and oxygen atoms in total. The highest BCUT2D eigenvalue weighted by atomic mass is 32.1. The molecule has 0 saturated carbocycles. The van der Waals surface area contributed by atoms with Crippen LogP contribution in [0.3, 0.4) is 0 Å². The molecule has 7 aromatic carbocycles. The Labute approximate surface area is 364 Å². The second kappa shape index (κ2) is 19.4. The number of aryl methyl sites for hydroxylation is 2. The lowest BCUT2D eigenvalue weighted by atomic mass is 9.97. The molecule has 0 aliphatic carbocycles. The van der Waals surface area contributed by atoms with Gasteiger partial charge in [0.1, 0.15) is 0 Å². The van der Waals surface area contributed by atoms with Gasteiger partial charge in [0.2, 0.25) is 0 Å². The lowest BCUT2D eigenvalue weighted by Gasteiger charge is -2.07. The number of ether oxygens (including phenoxy) is 2. The van der Waals surface area contributed by atoms with Gasteiger partial charge in [0.15, 0.2) is 0 Å². The second-order valence-corrected chi connectivity index (χ2v) is 19.2. The van der Waals surface area contributed by atoms with Crippen LogP contribution in [0.2, 0.25) is 0 Å². The largest absolute Gasteiger partial charge is 0.385 e. The molecular formula is C56H58O2S2. The smallest absolute Gasteiger partial charge is 0.0462 e. The minimum absolute atomic E-state index is 0.893. The van der Waals surface area contributed by atoms with Crippen molar-refractivity contribution in [3.8, 4) is 22.3 Å². The zero-order valence-corrected chi connectivity index (χ0v) is 37.1. The molecule has 0 amide bonds. The number of fused-ring (bicyclic) bond motifs is 8. The van der Waals surface area contributed by atoms with E-state index in [1.54, 1.807) is 14.2 Å². The topological polar surface area (TPSA) is 18.5 Å². The zero-order valence-electron chi connectivity index (χ0n) is 35.5. The Morgan fingerprint density at radius 3 is 1.08 bits per heavy atom. The van der Waals surface area contributed by atoms with E-state index in [0.717, 1.165) is 26.1 Å². The van der Waals surface area contributed by atoms with Crippen molar-refractivity contribution in [1.29, 1.82) is 0 Å². The molecule has 9 rings (SSSR count). The van der Waals surface area contributed by atoms with Crippen LogP contribution in [0, 0.1) is 0 Å². The Kier molecular flexibility index (Phi) is 13.2. The summed E-state index contributed by atoms with van der Waals surface area (Å²) in [6.45, 7) is 1.79. The Hall–Kier alpha value is -4.58. The molecule has 0 N–H and O–H groups in total. The van der Waals surface area contributed by atoms with Crippen molar-refractivity contribution in [1.82, 2.24) is 0 Å². The van der Waals surface area contributed by atoms with Crippen LogP contribution < -0.4 is 0 Å². The molecule has 0 radical (unpaired) electrons. The summed E-state index contributed by atoms with van der Waals surface area (Å²) in [4.78, 5) is 0. The van der Waals surface area contributed by atoms with Gasteiger partial charge in [-0.1, -0.05) is 124 Å². The summed E-state index contributed by atoms with van der Waals surface area (Å²) in [7, 11) is 3.59. The van der Waals surface area contributed by atoms with Crippen LogP contribution in [0.15, 0.2) is 121 Å². The minimum atomic E-state index is 0.893. The molecule has 0 fully saturated rings. The first-order chi connectivity index (χ1) is 29.6. The lowest BCUT2D eigenvalue weighted by molar-refractivity contribution is 0.192. The number of rotatable bonds is 20. The first-order valence-electron chi connectivity index (χ1n) is 22.5. The van der Waals surface area contributed by atoms with Gasteiger partial charge in [0.05, 0.1) is 0 Å². The summed E-state index contributed by atoms with van der Waals surface area (Å²) in [6.07, 6.45) is 17.7. The van der Waals surface area contributed by atoms with Gasteiger partial charge in [-0.25, -0.2) is 0 Å². The normalized spacial score (nSPS) is 12.0. The minimum Gasteiger partial charge on any atom is -0.385 e. The van der Waals surface area contributed by atoms with Crippen molar-refractivity contribution in [2.75, 3.05) is 27.4 Å². The highest BCUT2D eigenvalue weighted by Crippen LogP contribution is 2.44. The molecule has 306 valence electrons. The van der Waals surface area contributed by atoms with E-state index in [0.29, 0.717) is 0 Å². The number of unbranched alkanes of at least 4 members (excludes halogenated alkanes) is 10. The summed E-state index contributed by atoms with van der Waals surface area (Å²) >= 11 is 3.86. The van der Waals surface area contributed by atoms with E-state index >= 15 is 0 Å². The van der Waals surface area contributed by atoms with Crippen LogP contribution in [0.4, 0.5) is 0 Å². The second-order valence-electron chi connectivity index (χ2n) is 17.0. The van der Waals surface area contributed by atoms with Crippen LogP contribution >= 0.6 is 22.7 Å². The van der Waals surface area contributed by atoms with Gasteiger partial charge >= 0.3 is 0 Å². The van der Waals surface area contributed by atoms with Crippen molar-refractivity contribution in [3.63, 3.8) is 0 Å². The predicted octanol–water partition coefficient (Wildman–Crippen LogP) is 17.1. The molecule has 0 atom stereocenters. The fraction of sp³-hybridized carbons (Fsp3) is 0.321. The maximum absolute atomic E-state index is 5.17. The molecule has 60 heavy (non-hydrogen) atoms. The molecule has 0 bridgehead atoms. The van der Waals surface area contributed by atoms with Gasteiger partial charge in [0.25, 0.3) is 0 Å². The van der Waals surface area contributed by atoms with Crippen LogP contribution in [-0.2, 0) is 22.3 Å². The molecule has 0 aliphatic rings. The summed E-state index contributed by atoms with van der Waals surface area (Å²) in [5.74, 6) is 0. The number of methoxy groups -OCH3 is 2. The van der Waals surface area contributed by atoms with Crippen molar-refractivity contribution in [2.45, 2.75) is 89.9 Å². The fourth-order valence-corrected chi connectivity index (χ4v) is 11.5. The molecule has 0 spiro atoms. The molecule has 0 saturated heterocycles. The van der Waals surface area contributed by atoms with Crippen LogP contribution in [0.1, 0.15) is 88.2 Å². The average Bonchev–Trinajstić information content (AvgIpc) is 3.81. The standard InChI is InChI=1S/C56H58O2S2/c1-57-29-13-9-5-3-7-11-15-39-17-21-41(22-18-39)43-25-27-45-33-49-51-37-56-52(38-55(51)59-53(49)35-47(45)31-43)50-34-46-28-26-44(32-48(46)36-54(50)60-56)42-23-19-40(20-24-42)16-12-8-4-6-10-14-30-58-2/h17-28,31-38H,3-16,29-30H2,1-2H3. The third kappa shape index (κ3) is 9.33. The molecule has 2 aromatic heterocycles. The first-order valence-corrected chi connectivity index (χ1v) is 24.1. The van der Waals surface area contributed by atoms with Gasteiger partial charge in [-0.2, -0.15) is 0 Å².